The Hall–Kier alpha value is -2.29. The average Bonchev–Trinajstić information content (AvgIpc) is 3.15. The summed E-state index contributed by atoms with van der Waals surface area (Å²) in [5.41, 5.74) is 0.678. The van der Waals surface area contributed by atoms with Crippen LogP contribution >= 0.6 is 11.8 Å². The molecule has 9 heteroatoms. The van der Waals surface area contributed by atoms with Crippen LogP contribution in [-0.4, -0.2) is 30.3 Å². The Kier molecular flexibility index (Phi) is 4.14. The van der Waals surface area contributed by atoms with E-state index in [0.717, 1.165) is 0 Å². The van der Waals surface area contributed by atoms with Crippen LogP contribution in [0.3, 0.4) is 0 Å². The van der Waals surface area contributed by atoms with Crippen molar-refractivity contribution in [3.8, 4) is 11.5 Å². The van der Waals surface area contributed by atoms with E-state index in [2.05, 4.69) is 25.7 Å². The minimum atomic E-state index is -0.306. The zero-order valence-corrected chi connectivity index (χ0v) is 12.8. The molecule has 0 unspecified atom stereocenters. The largest absolute Gasteiger partial charge is 0.334 e. The number of aromatic nitrogens is 6. The van der Waals surface area contributed by atoms with Crippen LogP contribution in [-0.2, 0) is 5.75 Å². The number of nitrogens with zero attached hydrogens (tertiary/aromatic N) is 6. The highest BCUT2D eigenvalue weighted by Crippen LogP contribution is 2.23. The molecule has 3 aromatic rings. The van der Waals surface area contributed by atoms with Gasteiger partial charge in [-0.15, -0.1) is 5.10 Å². The third-order valence-electron chi connectivity index (χ3n) is 2.84. The van der Waals surface area contributed by atoms with Gasteiger partial charge in [0.05, 0.1) is 11.8 Å². The Bertz CT molecular complexity index is 754. The minimum absolute atomic E-state index is 0.178. The van der Waals surface area contributed by atoms with E-state index in [0.29, 0.717) is 28.2 Å². The van der Waals surface area contributed by atoms with Crippen LogP contribution in [0.2, 0.25) is 0 Å². The van der Waals surface area contributed by atoms with Crippen LogP contribution in [0, 0.1) is 5.82 Å². The van der Waals surface area contributed by atoms with Crippen molar-refractivity contribution in [1.29, 1.82) is 0 Å². The summed E-state index contributed by atoms with van der Waals surface area (Å²) >= 11 is 1.43. The predicted molar refractivity (Wildman–Crippen MR) is 77.5 cm³/mol. The maximum atomic E-state index is 12.9. The van der Waals surface area contributed by atoms with Gasteiger partial charge in [-0.2, -0.15) is 4.98 Å². The van der Waals surface area contributed by atoms with Gasteiger partial charge in [-0.05, 0) is 48.5 Å². The predicted octanol–water partition coefficient (Wildman–Crippen LogP) is 2.74. The molecule has 2 heterocycles. The second kappa shape index (κ2) is 6.22. The van der Waals surface area contributed by atoms with E-state index in [9.17, 15) is 4.39 Å². The highest BCUT2D eigenvalue weighted by Gasteiger charge is 2.13. The number of thioether (sulfide) groups is 1. The number of benzene rings is 1. The molecule has 0 fully saturated rings. The summed E-state index contributed by atoms with van der Waals surface area (Å²) < 4.78 is 19.8. The number of tetrazole rings is 1. The van der Waals surface area contributed by atoms with E-state index in [4.69, 9.17) is 4.52 Å². The monoisotopic (exact) mass is 320 g/mol. The fourth-order valence-electron chi connectivity index (χ4n) is 1.76. The summed E-state index contributed by atoms with van der Waals surface area (Å²) in [4.78, 5) is 4.29. The van der Waals surface area contributed by atoms with Crippen LogP contribution in [0.5, 0.6) is 0 Å². The van der Waals surface area contributed by atoms with Gasteiger partial charge in [0.2, 0.25) is 5.16 Å². The Labute approximate surface area is 129 Å². The molecule has 22 heavy (non-hydrogen) atoms. The van der Waals surface area contributed by atoms with E-state index in [1.807, 2.05) is 13.8 Å². The van der Waals surface area contributed by atoms with Crippen LogP contribution in [0.15, 0.2) is 33.9 Å². The molecular weight excluding hydrogens is 307 g/mol. The van der Waals surface area contributed by atoms with E-state index < -0.39 is 0 Å². The lowest BCUT2D eigenvalue weighted by Crippen LogP contribution is -2.04. The fourth-order valence-corrected chi connectivity index (χ4v) is 2.61. The summed E-state index contributed by atoms with van der Waals surface area (Å²) in [6.07, 6.45) is 0. The summed E-state index contributed by atoms with van der Waals surface area (Å²) in [6, 6.07) is 6.07. The van der Waals surface area contributed by atoms with Crippen molar-refractivity contribution in [3.63, 3.8) is 0 Å². The second-order valence-electron chi connectivity index (χ2n) is 4.81. The number of rotatable bonds is 5. The quantitative estimate of drug-likeness (QED) is 0.668. The maximum absolute atomic E-state index is 12.9. The summed E-state index contributed by atoms with van der Waals surface area (Å²) in [5, 5.41) is 16.2. The molecule has 1 aromatic carbocycles. The standard InChI is InChI=1S/C13H13FN6OS/c1-8(2)20-13(16-18-19-20)22-7-11-15-12(21-17-11)9-3-5-10(14)6-4-9/h3-6,8H,7H2,1-2H3. The molecule has 0 atom stereocenters. The maximum Gasteiger partial charge on any atom is 0.257 e. The molecule has 0 aliphatic rings. The SMILES string of the molecule is CC(C)n1nnnc1SCc1noc(-c2ccc(F)cc2)n1. The highest BCUT2D eigenvalue weighted by molar-refractivity contribution is 7.98. The van der Waals surface area contributed by atoms with Crippen LogP contribution in [0.4, 0.5) is 4.39 Å². The number of halogens is 1. The lowest BCUT2D eigenvalue weighted by Gasteiger charge is -2.05. The van der Waals surface area contributed by atoms with E-state index in [1.54, 1.807) is 16.8 Å². The topological polar surface area (TPSA) is 82.5 Å². The molecule has 3 rings (SSSR count). The average molecular weight is 320 g/mol. The van der Waals surface area contributed by atoms with Gasteiger partial charge in [-0.3, -0.25) is 0 Å². The van der Waals surface area contributed by atoms with E-state index in [1.165, 1.54) is 23.9 Å². The van der Waals surface area contributed by atoms with Crippen molar-refractivity contribution in [2.45, 2.75) is 30.8 Å². The lowest BCUT2D eigenvalue weighted by atomic mass is 10.2. The first-order chi connectivity index (χ1) is 10.6. The molecular formula is C13H13FN6OS. The molecule has 0 bridgehead atoms. The zero-order valence-electron chi connectivity index (χ0n) is 12.0. The highest BCUT2D eigenvalue weighted by atomic mass is 32.2. The number of hydrogen-bond donors (Lipinski definition) is 0. The molecule has 0 aliphatic carbocycles. The molecule has 0 radical (unpaired) electrons. The van der Waals surface area contributed by atoms with E-state index in [-0.39, 0.29) is 11.9 Å². The van der Waals surface area contributed by atoms with Crippen LogP contribution in [0.25, 0.3) is 11.5 Å². The van der Waals surface area contributed by atoms with Crippen LogP contribution in [0.1, 0.15) is 25.7 Å². The van der Waals surface area contributed by atoms with Crippen LogP contribution < -0.4 is 0 Å². The van der Waals surface area contributed by atoms with Gasteiger partial charge < -0.3 is 4.52 Å². The molecule has 7 nitrogen and oxygen atoms in total. The summed E-state index contributed by atoms with van der Waals surface area (Å²) in [6.45, 7) is 4.00. The molecule has 114 valence electrons. The lowest BCUT2D eigenvalue weighted by molar-refractivity contribution is 0.425. The molecule has 0 amide bonds. The normalized spacial score (nSPS) is 11.3. The Morgan fingerprint density at radius 2 is 2.05 bits per heavy atom. The van der Waals surface area contributed by atoms with Gasteiger partial charge in [-0.25, -0.2) is 9.07 Å². The molecule has 0 spiro atoms. The van der Waals surface area contributed by atoms with E-state index >= 15 is 0 Å². The minimum Gasteiger partial charge on any atom is -0.334 e. The Morgan fingerprint density at radius 3 is 2.77 bits per heavy atom. The number of hydrogen-bond acceptors (Lipinski definition) is 7. The molecule has 0 saturated carbocycles. The Balaban J connectivity index is 1.69. The van der Waals surface area contributed by atoms with Gasteiger partial charge >= 0.3 is 0 Å². The molecule has 0 N–H and O–H groups in total. The van der Waals surface area contributed by atoms with Crippen molar-refractivity contribution in [3.05, 3.63) is 35.9 Å². The van der Waals surface area contributed by atoms with Crippen molar-refractivity contribution >= 4 is 11.8 Å². The van der Waals surface area contributed by atoms with Crippen molar-refractivity contribution in [2.75, 3.05) is 0 Å². The zero-order chi connectivity index (χ0) is 15.5. The van der Waals surface area contributed by atoms with Gasteiger partial charge in [0.15, 0.2) is 5.82 Å². The summed E-state index contributed by atoms with van der Waals surface area (Å²) in [5.74, 6) is 1.07. The van der Waals surface area contributed by atoms with Gasteiger partial charge in [0.1, 0.15) is 5.82 Å². The third-order valence-corrected chi connectivity index (χ3v) is 3.77. The smallest absolute Gasteiger partial charge is 0.257 e. The van der Waals surface area contributed by atoms with Gasteiger partial charge in [-0.1, -0.05) is 16.9 Å². The first-order valence-electron chi connectivity index (χ1n) is 6.62. The van der Waals surface area contributed by atoms with Gasteiger partial charge in [0, 0.05) is 5.56 Å². The van der Waals surface area contributed by atoms with Crippen molar-refractivity contribution in [1.82, 2.24) is 30.3 Å². The molecule has 0 aliphatic heterocycles. The summed E-state index contributed by atoms with van der Waals surface area (Å²) in [7, 11) is 0. The third kappa shape index (κ3) is 3.14. The van der Waals surface area contributed by atoms with Gasteiger partial charge in [0.25, 0.3) is 5.89 Å². The first-order valence-corrected chi connectivity index (χ1v) is 7.61. The molecule has 0 saturated heterocycles. The molecule has 2 aromatic heterocycles. The first kappa shape index (κ1) is 14.6. The van der Waals surface area contributed by atoms with Crippen molar-refractivity contribution in [2.24, 2.45) is 0 Å². The Morgan fingerprint density at radius 1 is 1.27 bits per heavy atom. The van der Waals surface area contributed by atoms with Crippen molar-refractivity contribution < 1.29 is 8.91 Å². The fraction of sp³-hybridized carbons (Fsp3) is 0.308. The second-order valence-corrected chi connectivity index (χ2v) is 5.75.